The Hall–Kier alpha value is -2.37. The van der Waals surface area contributed by atoms with Crippen LogP contribution >= 0.6 is 0 Å². The molecular formula is C14H16N2O4. The molecule has 0 spiro atoms. The normalized spacial score (nSPS) is 16.3. The van der Waals surface area contributed by atoms with Gasteiger partial charge in [0.15, 0.2) is 0 Å². The fraction of sp³-hybridized carbons (Fsp3) is 0.357. The summed E-state index contributed by atoms with van der Waals surface area (Å²) in [5.74, 6) is -0.407. The summed E-state index contributed by atoms with van der Waals surface area (Å²) < 4.78 is 5.28. The van der Waals surface area contributed by atoms with Gasteiger partial charge in [-0.05, 0) is 23.8 Å². The van der Waals surface area contributed by atoms with E-state index in [1.54, 1.807) is 30.6 Å². The third-order valence-corrected chi connectivity index (χ3v) is 3.11. The third kappa shape index (κ3) is 4.08. The molecule has 1 fully saturated rings. The van der Waals surface area contributed by atoms with Crippen molar-refractivity contribution >= 4 is 18.1 Å². The van der Waals surface area contributed by atoms with Crippen LogP contribution in [0.15, 0.2) is 30.6 Å². The smallest absolute Gasteiger partial charge is 0.407 e. The van der Waals surface area contributed by atoms with Crippen LogP contribution in [0.25, 0.3) is 6.08 Å². The minimum atomic E-state index is -0.924. The van der Waals surface area contributed by atoms with E-state index in [-0.39, 0.29) is 6.10 Å². The van der Waals surface area contributed by atoms with Crippen molar-refractivity contribution in [3.63, 3.8) is 0 Å². The lowest BCUT2D eigenvalue weighted by atomic mass is 10.1. The van der Waals surface area contributed by atoms with Gasteiger partial charge in [-0.25, -0.2) is 9.59 Å². The van der Waals surface area contributed by atoms with Crippen LogP contribution in [0.3, 0.4) is 0 Å². The SMILES string of the molecule is O=C(/C=C/c1ccncc1)OC1CCN(C(=O)O)CC1. The highest BCUT2D eigenvalue weighted by Gasteiger charge is 2.24. The number of aromatic nitrogens is 1. The molecule has 1 amide bonds. The molecule has 1 aromatic heterocycles. The first-order chi connectivity index (χ1) is 9.65. The van der Waals surface area contributed by atoms with Gasteiger partial charge in [-0.15, -0.1) is 0 Å². The Bertz CT molecular complexity index is 493. The van der Waals surface area contributed by atoms with Crippen molar-refractivity contribution in [3.8, 4) is 0 Å². The van der Waals surface area contributed by atoms with Crippen molar-refractivity contribution in [2.75, 3.05) is 13.1 Å². The van der Waals surface area contributed by atoms with Gasteiger partial charge in [0, 0.05) is 44.4 Å². The number of pyridine rings is 1. The predicted molar refractivity (Wildman–Crippen MR) is 72.0 cm³/mol. The number of amides is 1. The molecule has 1 N–H and O–H groups in total. The Kier molecular flexibility index (Phi) is 4.70. The molecule has 0 aromatic carbocycles. The Balaban J connectivity index is 1.78. The summed E-state index contributed by atoms with van der Waals surface area (Å²) in [6.45, 7) is 0.808. The molecule has 0 radical (unpaired) electrons. The molecule has 0 saturated carbocycles. The minimum absolute atomic E-state index is 0.208. The van der Waals surface area contributed by atoms with Gasteiger partial charge in [-0.2, -0.15) is 0 Å². The van der Waals surface area contributed by atoms with Crippen LogP contribution in [0.4, 0.5) is 4.79 Å². The number of ether oxygens (including phenoxy) is 1. The van der Waals surface area contributed by atoms with Crippen molar-refractivity contribution < 1.29 is 19.4 Å². The summed E-state index contributed by atoms with van der Waals surface area (Å²) in [6, 6.07) is 3.57. The Morgan fingerprint density at radius 3 is 2.55 bits per heavy atom. The summed E-state index contributed by atoms with van der Waals surface area (Å²) in [7, 11) is 0. The van der Waals surface area contributed by atoms with E-state index < -0.39 is 12.1 Å². The number of likely N-dealkylation sites (tertiary alicyclic amines) is 1. The molecule has 2 heterocycles. The summed E-state index contributed by atoms with van der Waals surface area (Å²) in [5, 5.41) is 8.82. The van der Waals surface area contributed by atoms with Crippen molar-refractivity contribution in [2.45, 2.75) is 18.9 Å². The molecule has 1 aliphatic rings. The minimum Gasteiger partial charge on any atom is -0.465 e. The van der Waals surface area contributed by atoms with Gasteiger partial charge in [0.25, 0.3) is 0 Å². The maximum absolute atomic E-state index is 11.6. The topological polar surface area (TPSA) is 79.7 Å². The van der Waals surface area contributed by atoms with E-state index in [9.17, 15) is 9.59 Å². The standard InChI is InChI=1S/C14H16N2O4/c17-13(2-1-11-3-7-15-8-4-11)20-12-5-9-16(10-6-12)14(18)19/h1-4,7-8,12H,5-6,9-10H2,(H,18,19)/b2-1+. The summed E-state index contributed by atoms with van der Waals surface area (Å²) in [4.78, 5) is 27.6. The van der Waals surface area contributed by atoms with E-state index in [2.05, 4.69) is 4.98 Å². The Labute approximate surface area is 116 Å². The summed E-state index contributed by atoms with van der Waals surface area (Å²) >= 11 is 0. The van der Waals surface area contributed by atoms with E-state index in [0.29, 0.717) is 25.9 Å². The second kappa shape index (κ2) is 6.70. The highest BCUT2D eigenvalue weighted by molar-refractivity contribution is 5.87. The van der Waals surface area contributed by atoms with Gasteiger partial charge in [-0.3, -0.25) is 4.98 Å². The highest BCUT2D eigenvalue weighted by Crippen LogP contribution is 2.14. The van der Waals surface area contributed by atoms with Crippen molar-refractivity contribution in [3.05, 3.63) is 36.2 Å². The molecule has 6 nitrogen and oxygen atoms in total. The predicted octanol–water partition coefficient (Wildman–Crippen LogP) is 1.78. The van der Waals surface area contributed by atoms with Gasteiger partial charge < -0.3 is 14.7 Å². The Morgan fingerprint density at radius 2 is 1.95 bits per heavy atom. The van der Waals surface area contributed by atoms with E-state index in [0.717, 1.165) is 5.56 Å². The molecule has 1 aliphatic heterocycles. The number of carboxylic acid groups (broad SMARTS) is 1. The van der Waals surface area contributed by atoms with Crippen molar-refractivity contribution in [1.29, 1.82) is 0 Å². The quantitative estimate of drug-likeness (QED) is 0.672. The summed E-state index contributed by atoms with van der Waals surface area (Å²) in [5.41, 5.74) is 0.873. The molecule has 6 heteroatoms. The lowest BCUT2D eigenvalue weighted by Gasteiger charge is -2.29. The summed E-state index contributed by atoms with van der Waals surface area (Å²) in [6.07, 6.45) is 6.28. The maximum Gasteiger partial charge on any atom is 0.407 e. The fourth-order valence-corrected chi connectivity index (χ4v) is 2.01. The highest BCUT2D eigenvalue weighted by atomic mass is 16.5. The van der Waals surface area contributed by atoms with Crippen molar-refractivity contribution in [1.82, 2.24) is 9.88 Å². The lowest BCUT2D eigenvalue weighted by Crippen LogP contribution is -2.40. The molecule has 20 heavy (non-hydrogen) atoms. The molecule has 0 bridgehead atoms. The number of rotatable bonds is 3. The number of nitrogens with zero attached hydrogens (tertiary/aromatic N) is 2. The molecule has 1 aromatic rings. The average molecular weight is 276 g/mol. The zero-order valence-electron chi connectivity index (χ0n) is 10.9. The molecular weight excluding hydrogens is 260 g/mol. The first-order valence-corrected chi connectivity index (χ1v) is 6.42. The van der Waals surface area contributed by atoms with Gasteiger partial charge >= 0.3 is 12.1 Å². The van der Waals surface area contributed by atoms with E-state index in [1.165, 1.54) is 11.0 Å². The van der Waals surface area contributed by atoms with Gasteiger partial charge in [0.05, 0.1) is 0 Å². The average Bonchev–Trinajstić information content (AvgIpc) is 2.47. The molecule has 0 unspecified atom stereocenters. The molecule has 0 atom stereocenters. The number of hydrogen-bond acceptors (Lipinski definition) is 4. The number of carbonyl (C=O) groups is 2. The van der Waals surface area contributed by atoms with Gasteiger partial charge in [0.1, 0.15) is 6.10 Å². The van der Waals surface area contributed by atoms with Gasteiger partial charge in [0.2, 0.25) is 0 Å². The number of carbonyl (C=O) groups excluding carboxylic acids is 1. The molecule has 0 aliphatic carbocycles. The second-order valence-electron chi connectivity index (χ2n) is 4.52. The zero-order chi connectivity index (χ0) is 14.4. The monoisotopic (exact) mass is 276 g/mol. The fourth-order valence-electron chi connectivity index (χ4n) is 2.01. The van der Waals surface area contributed by atoms with Crippen LogP contribution in [0.2, 0.25) is 0 Å². The Morgan fingerprint density at radius 1 is 1.30 bits per heavy atom. The van der Waals surface area contributed by atoms with Crippen LogP contribution in [0.1, 0.15) is 18.4 Å². The first-order valence-electron chi connectivity index (χ1n) is 6.42. The van der Waals surface area contributed by atoms with Gasteiger partial charge in [-0.1, -0.05) is 0 Å². The van der Waals surface area contributed by atoms with Crippen LogP contribution < -0.4 is 0 Å². The second-order valence-corrected chi connectivity index (χ2v) is 4.52. The maximum atomic E-state index is 11.6. The van der Waals surface area contributed by atoms with E-state index >= 15 is 0 Å². The largest absolute Gasteiger partial charge is 0.465 e. The first kappa shape index (κ1) is 14.0. The van der Waals surface area contributed by atoms with Crippen LogP contribution in [0, 0.1) is 0 Å². The molecule has 2 rings (SSSR count). The van der Waals surface area contributed by atoms with Crippen LogP contribution in [-0.4, -0.2) is 46.2 Å². The number of esters is 1. The third-order valence-electron chi connectivity index (χ3n) is 3.11. The number of hydrogen-bond donors (Lipinski definition) is 1. The molecule has 1 saturated heterocycles. The molecule has 106 valence electrons. The van der Waals surface area contributed by atoms with Crippen LogP contribution in [-0.2, 0) is 9.53 Å². The van der Waals surface area contributed by atoms with E-state index in [4.69, 9.17) is 9.84 Å². The van der Waals surface area contributed by atoms with E-state index in [1.807, 2.05) is 0 Å². The number of piperidine rings is 1. The van der Waals surface area contributed by atoms with Crippen LogP contribution in [0.5, 0.6) is 0 Å². The van der Waals surface area contributed by atoms with Crippen molar-refractivity contribution in [2.24, 2.45) is 0 Å². The lowest BCUT2D eigenvalue weighted by molar-refractivity contribution is -0.144. The zero-order valence-corrected chi connectivity index (χ0v) is 10.9.